The zero-order valence-corrected chi connectivity index (χ0v) is 12.5. The lowest BCUT2D eigenvalue weighted by Gasteiger charge is -2.58. The van der Waals surface area contributed by atoms with Crippen LogP contribution in [0.3, 0.4) is 0 Å². The zero-order valence-electron chi connectivity index (χ0n) is 12.5. The molecule has 0 aromatic heterocycles. The zero-order chi connectivity index (χ0) is 18.6. The molecule has 1 heterocycles. The van der Waals surface area contributed by atoms with E-state index in [4.69, 9.17) is 0 Å². The number of carbonyl (C=O) groups is 1. The number of nitrogens with one attached hydrogen (secondary N) is 1. The van der Waals surface area contributed by atoms with E-state index in [0.29, 0.717) is 12.6 Å². The van der Waals surface area contributed by atoms with Crippen LogP contribution in [0.5, 0.6) is 0 Å². The molecule has 1 N–H and O–H groups in total. The highest BCUT2D eigenvalue weighted by Crippen LogP contribution is 2.57. The van der Waals surface area contributed by atoms with Crippen molar-refractivity contribution < 1.29 is 40.3 Å². The summed E-state index contributed by atoms with van der Waals surface area (Å²) in [6.45, 7) is 0.293. The highest BCUT2D eigenvalue weighted by atomic mass is 19.4. The number of esters is 1. The summed E-state index contributed by atoms with van der Waals surface area (Å²) in [6, 6.07) is 2.21. The quantitative estimate of drug-likeness (QED) is 0.636. The molecule has 0 radical (unpaired) electrons. The fraction of sp³-hybridized carbons (Fsp3) is 0.533. The van der Waals surface area contributed by atoms with Crippen molar-refractivity contribution in [3.8, 4) is 0 Å². The maximum atomic E-state index is 13.9. The van der Waals surface area contributed by atoms with Crippen molar-refractivity contribution in [3.63, 3.8) is 0 Å². The summed E-state index contributed by atoms with van der Waals surface area (Å²) in [7, 11) is 0. The molecule has 1 aromatic carbocycles. The number of ether oxygens (including phenoxy) is 1. The van der Waals surface area contributed by atoms with E-state index >= 15 is 0 Å². The Bertz CT molecular complexity index is 692. The summed E-state index contributed by atoms with van der Waals surface area (Å²) in [4.78, 5) is 10.9. The van der Waals surface area contributed by atoms with Crippen LogP contribution in [0.4, 0.5) is 30.7 Å². The minimum Gasteiger partial charge on any atom is -0.439 e. The topological polar surface area (TPSA) is 38.3 Å². The van der Waals surface area contributed by atoms with Gasteiger partial charge in [-0.2, -0.15) is 26.3 Å². The lowest BCUT2D eigenvalue weighted by atomic mass is 9.55. The summed E-state index contributed by atoms with van der Waals surface area (Å²) in [5.41, 5.74) is -1.77. The van der Waals surface area contributed by atoms with Gasteiger partial charge in [0.05, 0.1) is 5.56 Å². The molecule has 1 aliphatic heterocycles. The highest BCUT2D eigenvalue weighted by Gasteiger charge is 2.59. The van der Waals surface area contributed by atoms with Crippen LogP contribution < -0.4 is 5.32 Å². The third kappa shape index (κ3) is 3.19. The molecular formula is C15H12F7NO2. The van der Waals surface area contributed by atoms with Crippen molar-refractivity contribution in [2.45, 2.75) is 37.3 Å². The highest BCUT2D eigenvalue weighted by molar-refractivity contribution is 5.75. The third-order valence-corrected chi connectivity index (χ3v) is 4.73. The van der Waals surface area contributed by atoms with Gasteiger partial charge in [0.1, 0.15) is 5.82 Å². The molecule has 138 valence electrons. The smallest absolute Gasteiger partial charge is 0.439 e. The molecule has 2 aliphatic rings. The van der Waals surface area contributed by atoms with E-state index in [1.54, 1.807) is 0 Å². The maximum absolute atomic E-state index is 13.9. The molecule has 1 atom stereocenters. The van der Waals surface area contributed by atoms with Gasteiger partial charge in [-0.3, -0.25) is 5.32 Å². The third-order valence-electron chi connectivity index (χ3n) is 4.73. The van der Waals surface area contributed by atoms with E-state index in [-0.39, 0.29) is 18.4 Å². The van der Waals surface area contributed by atoms with Crippen molar-refractivity contribution >= 4 is 5.97 Å². The molecule has 1 aliphatic carbocycles. The van der Waals surface area contributed by atoms with Gasteiger partial charge in [-0.1, -0.05) is 6.07 Å². The summed E-state index contributed by atoms with van der Waals surface area (Å²) < 4.78 is 92.6. The van der Waals surface area contributed by atoms with Crippen LogP contribution >= 0.6 is 0 Å². The Balaban J connectivity index is 1.65. The molecule has 3 rings (SSSR count). The second-order valence-electron chi connectivity index (χ2n) is 6.37. The fourth-order valence-electron chi connectivity index (χ4n) is 3.35. The summed E-state index contributed by atoms with van der Waals surface area (Å²) in [6.07, 6.45) is -10.5. The van der Waals surface area contributed by atoms with Crippen molar-refractivity contribution in [1.29, 1.82) is 0 Å². The minimum atomic E-state index is -5.11. The second kappa shape index (κ2) is 5.58. The van der Waals surface area contributed by atoms with Gasteiger partial charge >= 0.3 is 18.3 Å². The van der Waals surface area contributed by atoms with Crippen molar-refractivity contribution in [2.75, 3.05) is 6.54 Å². The first-order valence-corrected chi connectivity index (χ1v) is 7.30. The number of benzene rings is 1. The normalized spacial score (nSPS) is 29.1. The van der Waals surface area contributed by atoms with Crippen LogP contribution in [-0.2, 0) is 15.7 Å². The minimum absolute atomic E-state index is 0.0754. The van der Waals surface area contributed by atoms with E-state index < -0.39 is 47.3 Å². The van der Waals surface area contributed by atoms with Crippen LogP contribution in [-0.4, -0.2) is 24.9 Å². The van der Waals surface area contributed by atoms with E-state index in [2.05, 4.69) is 10.1 Å². The van der Waals surface area contributed by atoms with Gasteiger partial charge in [-0.25, -0.2) is 9.18 Å². The second-order valence-corrected chi connectivity index (χ2v) is 6.37. The number of alkyl halides is 6. The number of carbonyl (C=O) groups excluding carboxylic acids is 1. The van der Waals surface area contributed by atoms with Gasteiger partial charge < -0.3 is 4.74 Å². The van der Waals surface area contributed by atoms with E-state index in [9.17, 15) is 35.5 Å². The average Bonchev–Trinajstić information content (AvgIpc) is 2.41. The predicted molar refractivity (Wildman–Crippen MR) is 69.7 cm³/mol. The maximum Gasteiger partial charge on any atom is 0.490 e. The number of halogens is 7. The molecule has 1 saturated heterocycles. The fourth-order valence-corrected chi connectivity index (χ4v) is 3.35. The summed E-state index contributed by atoms with van der Waals surface area (Å²) in [5, 5.41) is 2.57. The summed E-state index contributed by atoms with van der Waals surface area (Å²) >= 11 is 0. The Kier molecular flexibility index (Phi) is 4.01. The Morgan fingerprint density at radius 3 is 2.24 bits per heavy atom. The van der Waals surface area contributed by atoms with E-state index in [1.807, 2.05) is 0 Å². The lowest BCUT2D eigenvalue weighted by molar-refractivity contribution is -0.230. The van der Waals surface area contributed by atoms with Gasteiger partial charge in [0, 0.05) is 12.0 Å². The Hall–Kier alpha value is -1.84. The summed E-state index contributed by atoms with van der Waals surface area (Å²) in [5.74, 6) is -3.75. The molecule has 2 fully saturated rings. The Morgan fingerprint density at radius 1 is 1.16 bits per heavy atom. The molecule has 1 saturated carbocycles. The van der Waals surface area contributed by atoms with Gasteiger partial charge in [0.2, 0.25) is 0 Å². The molecule has 1 unspecified atom stereocenters. The van der Waals surface area contributed by atoms with Crippen molar-refractivity contribution in [3.05, 3.63) is 35.1 Å². The molecule has 0 bridgehead atoms. The molecule has 0 amide bonds. The molecule has 1 aromatic rings. The molecule has 3 nitrogen and oxygen atoms in total. The van der Waals surface area contributed by atoms with E-state index in [1.165, 1.54) is 0 Å². The van der Waals surface area contributed by atoms with Crippen LogP contribution in [0.1, 0.15) is 29.9 Å². The van der Waals surface area contributed by atoms with Gasteiger partial charge in [-0.15, -0.1) is 0 Å². The first-order chi connectivity index (χ1) is 11.4. The average molecular weight is 371 g/mol. The van der Waals surface area contributed by atoms with Crippen LogP contribution in [0.15, 0.2) is 18.2 Å². The van der Waals surface area contributed by atoms with Gasteiger partial charge in [0.15, 0.2) is 6.23 Å². The molecular weight excluding hydrogens is 359 g/mol. The van der Waals surface area contributed by atoms with Crippen LogP contribution in [0.2, 0.25) is 0 Å². The molecule has 25 heavy (non-hydrogen) atoms. The van der Waals surface area contributed by atoms with Gasteiger partial charge in [-0.05, 0) is 36.5 Å². The number of rotatable bonds is 2. The predicted octanol–water partition coefficient (Wildman–Crippen LogP) is 3.74. The van der Waals surface area contributed by atoms with Crippen molar-refractivity contribution in [1.82, 2.24) is 5.32 Å². The Labute approximate surface area is 137 Å². The monoisotopic (exact) mass is 371 g/mol. The number of hydrogen-bond donors (Lipinski definition) is 1. The molecule has 1 spiro atoms. The Morgan fingerprint density at radius 2 is 1.80 bits per heavy atom. The lowest BCUT2D eigenvalue weighted by Crippen LogP contribution is -2.69. The largest absolute Gasteiger partial charge is 0.490 e. The van der Waals surface area contributed by atoms with E-state index in [0.717, 1.165) is 12.1 Å². The van der Waals surface area contributed by atoms with Crippen LogP contribution in [0, 0.1) is 11.2 Å². The standard InChI is InChI=1S/C15H12F7NO2/c16-10-3-8(14(17,18)19)1-2-9(10)7-4-13(5-7)6-23-11(13)25-12(24)15(20,21)22/h1-3,7,11,23H,4-6H2. The molecule has 10 heteroatoms. The van der Waals surface area contributed by atoms with Crippen molar-refractivity contribution in [2.24, 2.45) is 5.41 Å². The van der Waals surface area contributed by atoms with Gasteiger partial charge in [0.25, 0.3) is 0 Å². The number of hydrogen-bond acceptors (Lipinski definition) is 3. The first kappa shape index (κ1) is 18.0. The van der Waals surface area contributed by atoms with Crippen LogP contribution in [0.25, 0.3) is 0 Å². The SMILES string of the molecule is O=C(OC1NCC12CC(c1ccc(C(F)(F)F)cc1F)C2)C(F)(F)F. The first-order valence-electron chi connectivity index (χ1n) is 7.30.